The number of benzene rings is 2. The van der Waals surface area contributed by atoms with E-state index in [2.05, 4.69) is 0 Å². The summed E-state index contributed by atoms with van der Waals surface area (Å²) < 4.78 is 86.7. The maximum Gasteiger partial charge on any atom is 0.194 e. The van der Waals surface area contributed by atoms with Crippen LogP contribution in [0.3, 0.4) is 0 Å². The molecule has 1 nitrogen and oxygen atoms in total. The predicted molar refractivity (Wildman–Crippen MR) is 84.8 cm³/mol. The number of rotatable bonds is 7. The highest BCUT2D eigenvalue weighted by atomic mass is 19.2. The number of halogens is 6. The van der Waals surface area contributed by atoms with E-state index >= 15 is 0 Å². The van der Waals surface area contributed by atoms with Gasteiger partial charge in [-0.1, -0.05) is 13.3 Å². The normalized spacial score (nSPS) is 12.7. The molecule has 0 unspecified atom stereocenters. The van der Waals surface area contributed by atoms with Crippen molar-refractivity contribution in [2.45, 2.75) is 38.7 Å². The van der Waals surface area contributed by atoms with Crippen molar-refractivity contribution in [3.8, 4) is 0 Å². The topological polar surface area (TPSA) is 9.23 Å². The Hall–Kier alpha value is -2.02. The first-order valence-electron chi connectivity index (χ1n) is 8.16. The van der Waals surface area contributed by atoms with Crippen molar-refractivity contribution in [1.29, 1.82) is 0 Å². The number of ether oxygens (including phenoxy) is 1. The van der Waals surface area contributed by atoms with E-state index < -0.39 is 46.9 Å². The minimum atomic E-state index is -1.65. The number of hydrogen-bond acceptors (Lipinski definition) is 1. The van der Waals surface area contributed by atoms with E-state index in [0.717, 1.165) is 30.7 Å². The number of unbranched alkanes of at least 4 members (excludes halogenated alkanes) is 1. The van der Waals surface area contributed by atoms with Crippen LogP contribution in [0.15, 0.2) is 24.3 Å². The Morgan fingerprint density at radius 1 is 0.769 bits per heavy atom. The fourth-order valence-electron chi connectivity index (χ4n) is 2.75. The quantitative estimate of drug-likeness (QED) is 0.334. The van der Waals surface area contributed by atoms with Gasteiger partial charge in [-0.2, -0.15) is 0 Å². The van der Waals surface area contributed by atoms with Crippen LogP contribution >= 0.6 is 0 Å². The van der Waals surface area contributed by atoms with Gasteiger partial charge < -0.3 is 4.74 Å². The Labute approximate surface area is 147 Å². The summed E-state index contributed by atoms with van der Waals surface area (Å²) in [6.45, 7) is 3.80. The van der Waals surface area contributed by atoms with Crippen LogP contribution < -0.4 is 0 Å². The molecule has 0 bridgehead atoms. The van der Waals surface area contributed by atoms with Crippen LogP contribution in [0, 0.1) is 34.9 Å². The summed E-state index contributed by atoms with van der Waals surface area (Å²) >= 11 is 0. The molecule has 2 rings (SSSR count). The molecular formula is C19H18F6O. The second-order valence-electron chi connectivity index (χ2n) is 6.00. The van der Waals surface area contributed by atoms with E-state index in [-0.39, 0.29) is 11.1 Å². The highest BCUT2D eigenvalue weighted by Gasteiger charge is 2.27. The summed E-state index contributed by atoms with van der Waals surface area (Å²) in [6.07, 6.45) is 0.780. The van der Waals surface area contributed by atoms with Crippen LogP contribution in [0.1, 0.15) is 43.7 Å². The zero-order valence-corrected chi connectivity index (χ0v) is 14.3. The highest BCUT2D eigenvalue weighted by Crippen LogP contribution is 2.33. The fourth-order valence-corrected chi connectivity index (χ4v) is 2.75. The molecule has 142 valence electrons. The Bertz CT molecular complexity index is 673. The lowest BCUT2D eigenvalue weighted by Crippen LogP contribution is -2.22. The molecule has 0 N–H and O–H groups in total. The monoisotopic (exact) mass is 376 g/mol. The van der Waals surface area contributed by atoms with Crippen LogP contribution in [0.5, 0.6) is 0 Å². The van der Waals surface area contributed by atoms with Gasteiger partial charge in [0.25, 0.3) is 0 Å². The third-order valence-corrected chi connectivity index (χ3v) is 4.08. The average molecular weight is 376 g/mol. The summed E-state index contributed by atoms with van der Waals surface area (Å²) in [5.74, 6) is -10.1. The predicted octanol–water partition coefficient (Wildman–Crippen LogP) is 5.86. The molecule has 0 aliphatic carbocycles. The molecule has 0 heterocycles. The zero-order valence-electron chi connectivity index (χ0n) is 14.3. The van der Waals surface area contributed by atoms with E-state index in [0.29, 0.717) is 13.0 Å². The van der Waals surface area contributed by atoms with Crippen molar-refractivity contribution < 1.29 is 31.1 Å². The maximum absolute atomic E-state index is 13.6. The van der Waals surface area contributed by atoms with Gasteiger partial charge in [0.1, 0.15) is 0 Å². The van der Waals surface area contributed by atoms with Crippen LogP contribution in [0.25, 0.3) is 0 Å². The van der Waals surface area contributed by atoms with E-state index in [4.69, 9.17) is 4.74 Å². The Morgan fingerprint density at radius 2 is 1.15 bits per heavy atom. The lowest BCUT2D eigenvalue weighted by atomic mass is 9.86. The van der Waals surface area contributed by atoms with Gasteiger partial charge in [0.15, 0.2) is 34.9 Å². The molecule has 0 radical (unpaired) electrons. The van der Waals surface area contributed by atoms with E-state index in [1.807, 2.05) is 6.92 Å². The maximum atomic E-state index is 13.6. The van der Waals surface area contributed by atoms with Crippen LogP contribution in [0.2, 0.25) is 0 Å². The van der Waals surface area contributed by atoms with Crippen molar-refractivity contribution in [2.75, 3.05) is 6.61 Å². The molecule has 0 aromatic heterocycles. The first-order valence-corrected chi connectivity index (χ1v) is 8.16. The van der Waals surface area contributed by atoms with Crippen LogP contribution in [-0.4, -0.2) is 12.7 Å². The average Bonchev–Trinajstić information content (AvgIpc) is 2.58. The molecule has 0 aliphatic heterocycles. The largest absolute Gasteiger partial charge is 0.378 e. The van der Waals surface area contributed by atoms with Gasteiger partial charge in [-0.25, -0.2) is 26.3 Å². The molecule has 2 aromatic carbocycles. The Morgan fingerprint density at radius 3 is 1.50 bits per heavy atom. The molecule has 0 spiro atoms. The number of hydrogen-bond donors (Lipinski definition) is 0. The van der Waals surface area contributed by atoms with Crippen molar-refractivity contribution in [2.24, 2.45) is 0 Å². The Balaban J connectivity index is 2.52. The van der Waals surface area contributed by atoms with Gasteiger partial charge in [0.2, 0.25) is 0 Å². The van der Waals surface area contributed by atoms with Gasteiger partial charge in [-0.05, 0) is 48.7 Å². The third kappa shape index (κ3) is 4.38. The van der Waals surface area contributed by atoms with Gasteiger partial charge in [0, 0.05) is 12.5 Å². The van der Waals surface area contributed by atoms with Gasteiger partial charge in [-0.15, -0.1) is 0 Å². The molecule has 1 atom stereocenters. The minimum Gasteiger partial charge on any atom is -0.378 e. The SMILES string of the molecule is CCCCO[C@@H](C)C(c1cc(F)c(F)c(F)c1)c1cc(F)c(F)c(F)c1. The standard InChI is InChI=1S/C19H18F6O/c1-3-4-5-26-10(2)17(11-6-13(20)18(24)14(21)7-11)12-8-15(22)19(25)16(23)9-12/h6-10,17H,3-5H2,1-2H3/t10-/m0/s1. The fraction of sp³-hybridized carbons (Fsp3) is 0.368. The summed E-state index contributed by atoms with van der Waals surface area (Å²) in [4.78, 5) is 0. The second kappa shape index (κ2) is 8.58. The van der Waals surface area contributed by atoms with Crippen molar-refractivity contribution in [1.82, 2.24) is 0 Å². The van der Waals surface area contributed by atoms with Gasteiger partial charge in [0.05, 0.1) is 6.10 Å². The third-order valence-electron chi connectivity index (χ3n) is 4.08. The summed E-state index contributed by atoms with van der Waals surface area (Å²) in [5.41, 5.74) is -0.147. The molecule has 2 aromatic rings. The first-order chi connectivity index (χ1) is 12.3. The van der Waals surface area contributed by atoms with Gasteiger partial charge in [-0.3, -0.25) is 0 Å². The van der Waals surface area contributed by atoms with E-state index in [9.17, 15) is 26.3 Å². The summed E-state index contributed by atoms with van der Waals surface area (Å²) in [5, 5.41) is 0. The molecule has 0 saturated carbocycles. The highest BCUT2D eigenvalue weighted by molar-refractivity contribution is 5.36. The lowest BCUT2D eigenvalue weighted by Gasteiger charge is -2.26. The zero-order chi connectivity index (χ0) is 19.4. The summed E-state index contributed by atoms with van der Waals surface area (Å²) in [7, 11) is 0. The lowest BCUT2D eigenvalue weighted by molar-refractivity contribution is 0.0529. The molecule has 7 heteroatoms. The molecule has 0 fully saturated rings. The van der Waals surface area contributed by atoms with E-state index in [1.165, 1.54) is 0 Å². The van der Waals surface area contributed by atoms with Crippen molar-refractivity contribution >= 4 is 0 Å². The van der Waals surface area contributed by atoms with Crippen molar-refractivity contribution in [3.05, 3.63) is 70.3 Å². The second-order valence-corrected chi connectivity index (χ2v) is 6.00. The minimum absolute atomic E-state index is 0.0733. The molecule has 0 amide bonds. The molecule has 0 aliphatic rings. The summed E-state index contributed by atoms with van der Waals surface area (Å²) in [6, 6.07) is 2.95. The molecular weight excluding hydrogens is 358 g/mol. The van der Waals surface area contributed by atoms with Crippen LogP contribution in [0.4, 0.5) is 26.3 Å². The van der Waals surface area contributed by atoms with Gasteiger partial charge >= 0.3 is 0 Å². The van der Waals surface area contributed by atoms with Crippen molar-refractivity contribution in [3.63, 3.8) is 0 Å². The first kappa shape index (κ1) is 20.3. The molecule has 0 saturated heterocycles. The molecule has 26 heavy (non-hydrogen) atoms. The smallest absolute Gasteiger partial charge is 0.194 e. The van der Waals surface area contributed by atoms with Crippen LogP contribution in [-0.2, 0) is 4.74 Å². The van der Waals surface area contributed by atoms with E-state index in [1.54, 1.807) is 6.92 Å². The Kier molecular flexibility index (Phi) is 6.69.